The number of benzene rings is 2. The minimum Gasteiger partial charge on any atom is -0.497 e. The third-order valence-electron chi connectivity index (χ3n) is 4.40. The zero-order valence-electron chi connectivity index (χ0n) is 14.2. The van der Waals surface area contributed by atoms with Gasteiger partial charge in [-0.2, -0.15) is 0 Å². The smallest absolute Gasteiger partial charge is 0.323 e. The minimum atomic E-state index is -0.0467. The number of aryl methyl sites for hydroxylation is 1. The summed E-state index contributed by atoms with van der Waals surface area (Å²) < 4.78 is 5.21. The molecule has 1 unspecified atom stereocenters. The summed E-state index contributed by atoms with van der Waals surface area (Å²) in [6, 6.07) is 13.9. The first-order chi connectivity index (χ1) is 11.6. The van der Waals surface area contributed by atoms with Gasteiger partial charge >= 0.3 is 6.03 Å². The summed E-state index contributed by atoms with van der Waals surface area (Å²) in [5, 5.41) is 3.11. The summed E-state index contributed by atoms with van der Waals surface area (Å²) in [6.07, 6.45) is 0. The quantitative estimate of drug-likeness (QED) is 0.887. The van der Waals surface area contributed by atoms with Crippen LogP contribution in [0.3, 0.4) is 0 Å². The summed E-state index contributed by atoms with van der Waals surface area (Å²) in [7, 11) is 1.66. The van der Waals surface area contributed by atoms with E-state index in [-0.39, 0.29) is 11.4 Å². The van der Waals surface area contributed by atoms with Gasteiger partial charge in [-0.3, -0.25) is 0 Å². The summed E-state index contributed by atoms with van der Waals surface area (Å²) >= 11 is 1.79. The van der Waals surface area contributed by atoms with Crippen LogP contribution in [-0.2, 0) is 0 Å². The second-order valence-electron chi connectivity index (χ2n) is 5.87. The zero-order valence-corrected chi connectivity index (χ0v) is 15.0. The molecule has 2 aromatic rings. The van der Waals surface area contributed by atoms with Gasteiger partial charge in [-0.25, -0.2) is 4.79 Å². The second-order valence-corrected chi connectivity index (χ2v) is 7.06. The van der Waals surface area contributed by atoms with Gasteiger partial charge < -0.3 is 15.0 Å². The maximum absolute atomic E-state index is 12.8. The Labute approximate surface area is 147 Å². The van der Waals surface area contributed by atoms with Crippen molar-refractivity contribution in [3.05, 3.63) is 59.2 Å². The molecule has 1 atom stereocenters. The molecule has 0 aromatic heterocycles. The number of ether oxygens (including phenoxy) is 1. The van der Waals surface area contributed by atoms with E-state index in [0.29, 0.717) is 0 Å². The largest absolute Gasteiger partial charge is 0.497 e. The molecule has 1 aliphatic heterocycles. The van der Waals surface area contributed by atoms with Crippen LogP contribution in [0.5, 0.6) is 5.75 Å². The summed E-state index contributed by atoms with van der Waals surface area (Å²) in [6.45, 7) is 4.83. The van der Waals surface area contributed by atoms with E-state index in [1.54, 1.807) is 18.9 Å². The highest BCUT2D eigenvalue weighted by Crippen LogP contribution is 2.38. The van der Waals surface area contributed by atoms with Crippen LogP contribution >= 0.6 is 11.8 Å². The summed E-state index contributed by atoms with van der Waals surface area (Å²) in [5.41, 5.74) is 4.29. The van der Waals surface area contributed by atoms with Crippen molar-refractivity contribution in [1.82, 2.24) is 4.90 Å². The van der Waals surface area contributed by atoms with Gasteiger partial charge in [0, 0.05) is 18.0 Å². The minimum absolute atomic E-state index is 0.0426. The Bertz CT molecular complexity index is 731. The van der Waals surface area contributed by atoms with Crippen molar-refractivity contribution in [1.29, 1.82) is 0 Å². The van der Waals surface area contributed by atoms with E-state index in [2.05, 4.69) is 18.3 Å². The molecule has 24 heavy (non-hydrogen) atoms. The number of urea groups is 1. The Balaban J connectivity index is 1.76. The lowest BCUT2D eigenvalue weighted by atomic mass is 10.1. The predicted octanol–water partition coefficient (Wildman–Crippen LogP) is 4.59. The van der Waals surface area contributed by atoms with Crippen LogP contribution in [0.4, 0.5) is 10.5 Å². The van der Waals surface area contributed by atoms with Crippen molar-refractivity contribution < 1.29 is 9.53 Å². The van der Waals surface area contributed by atoms with Gasteiger partial charge in [-0.1, -0.05) is 24.3 Å². The molecule has 0 bridgehead atoms. The highest BCUT2D eigenvalue weighted by molar-refractivity contribution is 7.99. The highest BCUT2D eigenvalue weighted by atomic mass is 32.2. The fourth-order valence-electron chi connectivity index (χ4n) is 2.80. The molecular weight excluding hydrogens is 320 g/mol. The molecule has 0 aliphatic carbocycles. The molecule has 2 aromatic carbocycles. The van der Waals surface area contributed by atoms with Crippen LogP contribution in [0.1, 0.15) is 22.1 Å². The van der Waals surface area contributed by atoms with Gasteiger partial charge in [0.2, 0.25) is 0 Å². The molecule has 126 valence electrons. The van der Waals surface area contributed by atoms with Crippen molar-refractivity contribution in [3.63, 3.8) is 0 Å². The van der Waals surface area contributed by atoms with Crippen LogP contribution in [0.2, 0.25) is 0 Å². The molecule has 1 fully saturated rings. The maximum Gasteiger partial charge on any atom is 0.323 e. The first kappa shape index (κ1) is 16.7. The molecule has 3 rings (SSSR count). The number of hydrogen-bond donors (Lipinski definition) is 1. The molecule has 1 saturated heterocycles. The number of anilines is 1. The van der Waals surface area contributed by atoms with Crippen LogP contribution in [-0.4, -0.2) is 30.3 Å². The van der Waals surface area contributed by atoms with Gasteiger partial charge in [0.1, 0.15) is 11.1 Å². The molecule has 0 spiro atoms. The Morgan fingerprint density at radius 1 is 1.21 bits per heavy atom. The van der Waals surface area contributed by atoms with E-state index < -0.39 is 0 Å². The number of methoxy groups -OCH3 is 1. The van der Waals surface area contributed by atoms with Crippen LogP contribution in [0.15, 0.2) is 42.5 Å². The van der Waals surface area contributed by atoms with E-state index in [9.17, 15) is 4.79 Å². The Morgan fingerprint density at radius 2 is 1.96 bits per heavy atom. The van der Waals surface area contributed by atoms with Gasteiger partial charge in [-0.05, 0) is 48.7 Å². The third-order valence-corrected chi connectivity index (χ3v) is 5.66. The fraction of sp³-hybridized carbons (Fsp3) is 0.316. The second kappa shape index (κ2) is 7.18. The number of thioether (sulfide) groups is 1. The number of hydrogen-bond acceptors (Lipinski definition) is 3. The van der Waals surface area contributed by atoms with Crippen LogP contribution in [0, 0.1) is 13.8 Å². The highest BCUT2D eigenvalue weighted by Gasteiger charge is 2.30. The molecule has 4 nitrogen and oxygen atoms in total. The number of amides is 2. The average Bonchev–Trinajstić information content (AvgIpc) is 3.09. The molecule has 0 saturated carbocycles. The SMILES string of the molecule is COc1ccc(C2SCCN2C(=O)Nc2cccc(C)c2C)cc1. The monoisotopic (exact) mass is 342 g/mol. The number of carbonyl (C=O) groups is 1. The van der Waals surface area contributed by atoms with E-state index in [4.69, 9.17) is 4.74 Å². The Morgan fingerprint density at radius 3 is 2.67 bits per heavy atom. The predicted molar refractivity (Wildman–Crippen MR) is 99.8 cm³/mol. The normalized spacial score (nSPS) is 17.0. The zero-order chi connectivity index (χ0) is 17.1. The summed E-state index contributed by atoms with van der Waals surface area (Å²) in [5.74, 6) is 1.77. The van der Waals surface area contributed by atoms with Gasteiger partial charge in [0.15, 0.2) is 0 Å². The molecule has 0 radical (unpaired) electrons. The van der Waals surface area contributed by atoms with E-state index in [1.165, 1.54) is 5.56 Å². The van der Waals surface area contributed by atoms with Crippen molar-refractivity contribution >= 4 is 23.5 Å². The lowest BCUT2D eigenvalue weighted by molar-refractivity contribution is 0.214. The van der Waals surface area contributed by atoms with Crippen molar-refractivity contribution in [3.8, 4) is 5.75 Å². The molecule has 1 heterocycles. The van der Waals surface area contributed by atoms with Gasteiger partial charge in [0.05, 0.1) is 7.11 Å². The van der Waals surface area contributed by atoms with Crippen molar-refractivity contribution in [2.75, 3.05) is 24.7 Å². The first-order valence-electron chi connectivity index (χ1n) is 7.99. The van der Waals surface area contributed by atoms with E-state index in [1.807, 2.05) is 48.2 Å². The van der Waals surface area contributed by atoms with Crippen molar-refractivity contribution in [2.24, 2.45) is 0 Å². The third kappa shape index (κ3) is 3.36. The standard InChI is InChI=1S/C19H22N2O2S/c1-13-5-4-6-17(14(13)2)20-19(22)21-11-12-24-18(21)15-7-9-16(23-3)10-8-15/h4-10,18H,11-12H2,1-3H3,(H,20,22). The number of nitrogens with one attached hydrogen (secondary N) is 1. The van der Waals surface area contributed by atoms with E-state index in [0.717, 1.165) is 34.9 Å². The lowest BCUT2D eigenvalue weighted by Gasteiger charge is -2.25. The molecule has 2 amide bonds. The Hall–Kier alpha value is -2.14. The Kier molecular flexibility index (Phi) is 5.00. The topological polar surface area (TPSA) is 41.6 Å². The molecule has 5 heteroatoms. The van der Waals surface area contributed by atoms with E-state index >= 15 is 0 Å². The lowest BCUT2D eigenvalue weighted by Crippen LogP contribution is -2.34. The molecular formula is C19H22N2O2S. The van der Waals surface area contributed by atoms with Gasteiger partial charge in [0.25, 0.3) is 0 Å². The van der Waals surface area contributed by atoms with Crippen LogP contribution < -0.4 is 10.1 Å². The van der Waals surface area contributed by atoms with Crippen molar-refractivity contribution in [2.45, 2.75) is 19.2 Å². The fourth-order valence-corrected chi connectivity index (χ4v) is 4.05. The average molecular weight is 342 g/mol. The maximum atomic E-state index is 12.8. The van der Waals surface area contributed by atoms with Crippen LogP contribution in [0.25, 0.3) is 0 Å². The van der Waals surface area contributed by atoms with Gasteiger partial charge in [-0.15, -0.1) is 11.8 Å². The molecule has 1 N–H and O–H groups in total. The number of carbonyl (C=O) groups excluding carboxylic acids is 1. The molecule has 1 aliphatic rings. The number of nitrogens with zero attached hydrogens (tertiary/aromatic N) is 1. The summed E-state index contributed by atoms with van der Waals surface area (Å²) in [4.78, 5) is 14.7. The number of rotatable bonds is 3. The first-order valence-corrected chi connectivity index (χ1v) is 9.04.